The van der Waals surface area contributed by atoms with E-state index in [2.05, 4.69) is 18.7 Å². The van der Waals surface area contributed by atoms with Crippen LogP contribution in [0.1, 0.15) is 20.3 Å². The first-order valence-corrected chi connectivity index (χ1v) is 10.1. The summed E-state index contributed by atoms with van der Waals surface area (Å²) in [5.74, 6) is 1.36. The number of piperidine rings is 1. The van der Waals surface area contributed by atoms with Crippen molar-refractivity contribution in [3.05, 3.63) is 30.1 Å². The van der Waals surface area contributed by atoms with Crippen molar-refractivity contribution in [3.8, 4) is 5.75 Å². The minimum Gasteiger partial charge on any atom is -0.484 e. The Morgan fingerprint density at radius 2 is 1.57 bits per heavy atom. The molecule has 2 aliphatic rings. The molecule has 0 bridgehead atoms. The summed E-state index contributed by atoms with van der Waals surface area (Å²) in [5.41, 5.74) is 0. The van der Waals surface area contributed by atoms with Gasteiger partial charge in [0.1, 0.15) is 11.6 Å². The Labute approximate surface area is 166 Å². The largest absolute Gasteiger partial charge is 0.484 e. The van der Waals surface area contributed by atoms with Crippen LogP contribution in [0.3, 0.4) is 0 Å². The van der Waals surface area contributed by atoms with Crippen LogP contribution >= 0.6 is 0 Å². The van der Waals surface area contributed by atoms with Gasteiger partial charge in [-0.1, -0.05) is 13.8 Å². The van der Waals surface area contributed by atoms with Crippen LogP contribution in [0.15, 0.2) is 24.3 Å². The number of hydrogen-bond acceptors (Lipinski definition) is 4. The number of amides is 2. The van der Waals surface area contributed by atoms with Crippen LogP contribution in [-0.2, 0) is 9.59 Å². The smallest absolute Gasteiger partial charge is 0.260 e. The lowest BCUT2D eigenvalue weighted by Crippen LogP contribution is -2.53. The number of likely N-dealkylation sites (tertiary alicyclic amines) is 1. The lowest BCUT2D eigenvalue weighted by Gasteiger charge is -2.38. The van der Waals surface area contributed by atoms with E-state index >= 15 is 0 Å². The van der Waals surface area contributed by atoms with Crippen molar-refractivity contribution in [3.63, 3.8) is 0 Å². The molecular formula is C21H30FN3O3. The number of piperazine rings is 1. The second kappa shape index (κ2) is 9.37. The Balaban J connectivity index is 1.39. The van der Waals surface area contributed by atoms with Gasteiger partial charge in [0.15, 0.2) is 6.61 Å². The fourth-order valence-electron chi connectivity index (χ4n) is 4.08. The summed E-state index contributed by atoms with van der Waals surface area (Å²) in [6, 6.07) is 5.63. The average Bonchev–Trinajstić information content (AvgIpc) is 2.67. The van der Waals surface area contributed by atoms with Gasteiger partial charge in [0.2, 0.25) is 5.91 Å². The zero-order valence-corrected chi connectivity index (χ0v) is 16.8. The second-order valence-electron chi connectivity index (χ2n) is 8.14. The highest BCUT2D eigenvalue weighted by Crippen LogP contribution is 2.21. The fraction of sp³-hybridized carbons (Fsp3) is 0.619. The molecule has 2 fully saturated rings. The molecule has 2 heterocycles. The topological polar surface area (TPSA) is 53.1 Å². The van der Waals surface area contributed by atoms with Crippen molar-refractivity contribution in [2.45, 2.75) is 20.3 Å². The molecule has 6 nitrogen and oxygen atoms in total. The number of carbonyl (C=O) groups excluding carboxylic acids is 2. The Morgan fingerprint density at radius 3 is 2.18 bits per heavy atom. The molecule has 2 aliphatic heterocycles. The molecule has 0 saturated carbocycles. The van der Waals surface area contributed by atoms with E-state index in [9.17, 15) is 14.0 Å². The lowest BCUT2D eigenvalue weighted by molar-refractivity contribution is -0.137. The molecule has 7 heteroatoms. The summed E-state index contributed by atoms with van der Waals surface area (Å²) in [6.07, 6.45) is 1.19. The molecule has 154 valence electrons. The average molecular weight is 391 g/mol. The van der Waals surface area contributed by atoms with Gasteiger partial charge >= 0.3 is 0 Å². The van der Waals surface area contributed by atoms with Crippen LogP contribution in [-0.4, -0.2) is 78.9 Å². The Hall–Kier alpha value is -2.15. The van der Waals surface area contributed by atoms with Crippen LogP contribution in [0, 0.1) is 17.7 Å². The zero-order chi connectivity index (χ0) is 20.1. The van der Waals surface area contributed by atoms with Crippen molar-refractivity contribution >= 4 is 11.8 Å². The summed E-state index contributed by atoms with van der Waals surface area (Å²) in [7, 11) is 0. The van der Waals surface area contributed by atoms with E-state index < -0.39 is 0 Å². The number of carbonyl (C=O) groups is 2. The van der Waals surface area contributed by atoms with Gasteiger partial charge in [-0.05, 0) is 42.5 Å². The third-order valence-electron chi connectivity index (χ3n) is 5.48. The SMILES string of the molecule is CC1CC(C)CN(C(=O)CN2CCN(C(=O)COc3ccc(F)cc3)CC2)C1. The third kappa shape index (κ3) is 5.67. The molecule has 1 aromatic rings. The predicted octanol–water partition coefficient (Wildman–Crippen LogP) is 1.85. The first kappa shape index (κ1) is 20.6. The number of hydrogen-bond donors (Lipinski definition) is 0. The third-order valence-corrected chi connectivity index (χ3v) is 5.48. The van der Waals surface area contributed by atoms with Crippen LogP contribution in [0.5, 0.6) is 5.75 Å². The Morgan fingerprint density at radius 1 is 0.964 bits per heavy atom. The van der Waals surface area contributed by atoms with Crippen molar-refractivity contribution < 1.29 is 18.7 Å². The number of benzene rings is 1. The van der Waals surface area contributed by atoms with E-state index in [1.54, 1.807) is 4.90 Å². The summed E-state index contributed by atoms with van der Waals surface area (Å²) >= 11 is 0. The van der Waals surface area contributed by atoms with Crippen LogP contribution in [0.25, 0.3) is 0 Å². The van der Waals surface area contributed by atoms with E-state index in [0.717, 1.165) is 13.1 Å². The minimum absolute atomic E-state index is 0.0614. The van der Waals surface area contributed by atoms with Crippen molar-refractivity contribution in [1.29, 1.82) is 0 Å². The lowest BCUT2D eigenvalue weighted by atomic mass is 9.92. The first-order chi connectivity index (χ1) is 13.4. The molecule has 28 heavy (non-hydrogen) atoms. The van der Waals surface area contributed by atoms with E-state index in [0.29, 0.717) is 50.3 Å². The maximum atomic E-state index is 12.9. The zero-order valence-electron chi connectivity index (χ0n) is 16.8. The van der Waals surface area contributed by atoms with Crippen molar-refractivity contribution in [2.24, 2.45) is 11.8 Å². The molecule has 0 spiro atoms. The van der Waals surface area contributed by atoms with Crippen molar-refractivity contribution in [1.82, 2.24) is 14.7 Å². The summed E-state index contributed by atoms with van der Waals surface area (Å²) in [6.45, 7) is 9.02. The van der Waals surface area contributed by atoms with Gasteiger partial charge in [0.25, 0.3) is 5.91 Å². The molecule has 2 saturated heterocycles. The van der Waals surface area contributed by atoms with Gasteiger partial charge in [0.05, 0.1) is 6.54 Å². The molecule has 0 N–H and O–H groups in total. The second-order valence-corrected chi connectivity index (χ2v) is 8.14. The van der Waals surface area contributed by atoms with E-state index in [4.69, 9.17) is 4.74 Å². The maximum absolute atomic E-state index is 12.9. The van der Waals surface area contributed by atoms with E-state index in [1.165, 1.54) is 30.7 Å². The molecule has 0 aromatic heterocycles. The van der Waals surface area contributed by atoms with Crippen LogP contribution in [0.2, 0.25) is 0 Å². The van der Waals surface area contributed by atoms with Gasteiger partial charge < -0.3 is 14.5 Å². The number of nitrogens with zero attached hydrogens (tertiary/aromatic N) is 3. The molecular weight excluding hydrogens is 361 g/mol. The maximum Gasteiger partial charge on any atom is 0.260 e. The Kier molecular flexibility index (Phi) is 6.88. The number of halogens is 1. The highest BCUT2D eigenvalue weighted by Gasteiger charge is 2.28. The Bertz CT molecular complexity index is 664. The monoisotopic (exact) mass is 391 g/mol. The van der Waals surface area contributed by atoms with Gasteiger partial charge in [-0.3, -0.25) is 14.5 Å². The summed E-state index contributed by atoms with van der Waals surface area (Å²) < 4.78 is 18.3. The van der Waals surface area contributed by atoms with Gasteiger partial charge in [-0.25, -0.2) is 4.39 Å². The van der Waals surface area contributed by atoms with Crippen LogP contribution in [0.4, 0.5) is 4.39 Å². The number of rotatable bonds is 5. The standard InChI is InChI=1S/C21H30FN3O3/c1-16-11-17(2)13-25(12-16)20(26)14-23-7-9-24(10-8-23)21(27)15-28-19-5-3-18(22)4-6-19/h3-6,16-17H,7-15H2,1-2H3. The molecule has 0 aliphatic carbocycles. The number of ether oxygens (including phenoxy) is 1. The van der Waals surface area contributed by atoms with Gasteiger partial charge in [-0.15, -0.1) is 0 Å². The summed E-state index contributed by atoms with van der Waals surface area (Å²) in [4.78, 5) is 30.8. The quantitative estimate of drug-likeness (QED) is 0.769. The van der Waals surface area contributed by atoms with Crippen molar-refractivity contribution in [2.75, 3.05) is 52.4 Å². The van der Waals surface area contributed by atoms with E-state index in [-0.39, 0.29) is 24.2 Å². The molecule has 2 unspecified atom stereocenters. The van der Waals surface area contributed by atoms with E-state index in [1.807, 2.05) is 4.90 Å². The highest BCUT2D eigenvalue weighted by molar-refractivity contribution is 5.79. The molecule has 0 radical (unpaired) electrons. The molecule has 3 rings (SSSR count). The highest BCUT2D eigenvalue weighted by atomic mass is 19.1. The van der Waals surface area contributed by atoms with Gasteiger partial charge in [-0.2, -0.15) is 0 Å². The first-order valence-electron chi connectivity index (χ1n) is 10.1. The van der Waals surface area contributed by atoms with Crippen LogP contribution < -0.4 is 4.74 Å². The molecule has 1 aromatic carbocycles. The predicted molar refractivity (Wildman–Crippen MR) is 104 cm³/mol. The molecule has 2 amide bonds. The fourth-order valence-corrected chi connectivity index (χ4v) is 4.08. The van der Waals surface area contributed by atoms with Gasteiger partial charge in [0, 0.05) is 39.3 Å². The summed E-state index contributed by atoms with van der Waals surface area (Å²) in [5, 5.41) is 0. The normalized spacial score (nSPS) is 23.5. The molecule has 2 atom stereocenters. The minimum atomic E-state index is -0.335.